The van der Waals surface area contributed by atoms with Crippen LogP contribution in [0, 0.1) is 11.8 Å². The third-order valence-electron chi connectivity index (χ3n) is 3.57. The molecule has 2 rings (SSSR count). The minimum Gasteiger partial charge on any atom is -0.394 e. The van der Waals surface area contributed by atoms with Crippen molar-refractivity contribution in [1.82, 2.24) is 4.90 Å². The van der Waals surface area contributed by atoms with Crippen LogP contribution in [0.25, 0.3) is 0 Å². The average molecular weight is 197 g/mol. The Kier molecular flexibility index (Phi) is 1.93. The summed E-state index contributed by atoms with van der Waals surface area (Å²) >= 11 is 0. The number of nitrogens with zero attached hydrogens (tertiary/aromatic N) is 1. The third-order valence-corrected chi connectivity index (χ3v) is 3.57. The molecule has 1 saturated carbocycles. The molecule has 0 spiro atoms. The molecule has 0 aromatic heterocycles. The number of hydrogen-bond acceptors (Lipinski definition) is 3. The van der Waals surface area contributed by atoms with Gasteiger partial charge in [-0.25, -0.2) is 0 Å². The number of aliphatic hydroxyl groups is 1. The molecule has 4 heteroatoms. The van der Waals surface area contributed by atoms with Crippen molar-refractivity contribution in [3.8, 4) is 0 Å². The lowest BCUT2D eigenvalue weighted by Crippen LogP contribution is -2.44. The van der Waals surface area contributed by atoms with Crippen LogP contribution in [0.5, 0.6) is 0 Å². The number of carbonyl (C=O) groups excluding carboxylic acids is 2. The highest BCUT2D eigenvalue weighted by atomic mass is 16.3. The van der Waals surface area contributed by atoms with Gasteiger partial charge in [0.15, 0.2) is 0 Å². The second-order valence-electron chi connectivity index (χ2n) is 4.47. The van der Waals surface area contributed by atoms with Gasteiger partial charge >= 0.3 is 0 Å². The Bertz CT molecular complexity index is 276. The molecule has 2 fully saturated rings. The standard InChI is InChI=1S/C10H15NO3/c1-6-7(2)9(14)11(8(6)13)10(5-12)3-4-10/h6-7,12H,3-5H2,1-2H3. The second kappa shape index (κ2) is 2.79. The summed E-state index contributed by atoms with van der Waals surface area (Å²) in [5, 5.41) is 9.18. The van der Waals surface area contributed by atoms with Crippen LogP contribution in [-0.2, 0) is 9.59 Å². The molecule has 4 nitrogen and oxygen atoms in total. The van der Waals surface area contributed by atoms with Gasteiger partial charge in [-0.15, -0.1) is 0 Å². The Morgan fingerprint density at radius 3 is 2.00 bits per heavy atom. The van der Waals surface area contributed by atoms with Crippen LogP contribution in [0.15, 0.2) is 0 Å². The molecule has 0 bridgehead atoms. The fourth-order valence-electron chi connectivity index (χ4n) is 2.01. The van der Waals surface area contributed by atoms with Gasteiger partial charge in [0, 0.05) is 11.8 Å². The van der Waals surface area contributed by atoms with Gasteiger partial charge in [-0.05, 0) is 12.8 Å². The fourth-order valence-corrected chi connectivity index (χ4v) is 2.01. The molecule has 2 amide bonds. The van der Waals surface area contributed by atoms with Crippen molar-refractivity contribution < 1.29 is 14.7 Å². The fraction of sp³-hybridized carbons (Fsp3) is 0.800. The molecule has 78 valence electrons. The summed E-state index contributed by atoms with van der Waals surface area (Å²) < 4.78 is 0. The topological polar surface area (TPSA) is 57.6 Å². The van der Waals surface area contributed by atoms with Crippen molar-refractivity contribution in [2.24, 2.45) is 11.8 Å². The third kappa shape index (κ3) is 1.03. The summed E-state index contributed by atoms with van der Waals surface area (Å²) in [6.07, 6.45) is 1.50. The number of carbonyl (C=O) groups is 2. The van der Waals surface area contributed by atoms with E-state index in [1.165, 1.54) is 4.90 Å². The van der Waals surface area contributed by atoms with Crippen molar-refractivity contribution in [2.75, 3.05) is 6.61 Å². The van der Waals surface area contributed by atoms with Crippen LogP contribution in [0.4, 0.5) is 0 Å². The van der Waals surface area contributed by atoms with Gasteiger partial charge in [0.25, 0.3) is 0 Å². The lowest BCUT2D eigenvalue weighted by Gasteiger charge is -2.24. The molecule has 1 N–H and O–H groups in total. The number of likely N-dealkylation sites (tertiary alicyclic amines) is 1. The van der Waals surface area contributed by atoms with Gasteiger partial charge in [0.1, 0.15) is 0 Å². The molecule has 2 aliphatic rings. The summed E-state index contributed by atoms with van der Waals surface area (Å²) in [7, 11) is 0. The number of aliphatic hydroxyl groups excluding tert-OH is 1. The van der Waals surface area contributed by atoms with Crippen LogP contribution < -0.4 is 0 Å². The van der Waals surface area contributed by atoms with E-state index >= 15 is 0 Å². The maximum atomic E-state index is 11.8. The lowest BCUT2D eigenvalue weighted by atomic mass is 10.00. The molecule has 0 aromatic rings. The van der Waals surface area contributed by atoms with Crippen LogP contribution in [0.3, 0.4) is 0 Å². The average Bonchev–Trinajstić information content (AvgIpc) is 2.92. The highest BCUT2D eigenvalue weighted by Crippen LogP contribution is 2.45. The number of hydrogen-bond donors (Lipinski definition) is 1. The van der Waals surface area contributed by atoms with E-state index in [-0.39, 0.29) is 30.3 Å². The van der Waals surface area contributed by atoms with E-state index in [9.17, 15) is 14.7 Å². The minimum atomic E-state index is -0.535. The molecule has 1 saturated heterocycles. The van der Waals surface area contributed by atoms with Crippen LogP contribution in [-0.4, -0.2) is 34.0 Å². The van der Waals surface area contributed by atoms with Gasteiger partial charge in [0.2, 0.25) is 11.8 Å². The zero-order valence-electron chi connectivity index (χ0n) is 8.49. The molecular weight excluding hydrogens is 182 g/mol. The van der Waals surface area contributed by atoms with Gasteiger partial charge < -0.3 is 5.11 Å². The van der Waals surface area contributed by atoms with Crippen LogP contribution in [0.2, 0.25) is 0 Å². The molecule has 0 radical (unpaired) electrons. The van der Waals surface area contributed by atoms with Gasteiger partial charge in [0.05, 0.1) is 12.1 Å². The largest absolute Gasteiger partial charge is 0.394 e. The monoisotopic (exact) mass is 197 g/mol. The highest BCUT2D eigenvalue weighted by molar-refractivity contribution is 6.05. The van der Waals surface area contributed by atoms with Gasteiger partial charge in [-0.2, -0.15) is 0 Å². The van der Waals surface area contributed by atoms with Crippen LogP contribution >= 0.6 is 0 Å². The zero-order valence-corrected chi connectivity index (χ0v) is 8.49. The summed E-state index contributed by atoms with van der Waals surface area (Å²) in [5.74, 6) is -0.693. The van der Waals surface area contributed by atoms with E-state index < -0.39 is 5.54 Å². The molecule has 2 unspecified atom stereocenters. The van der Waals surface area contributed by atoms with Crippen molar-refractivity contribution in [3.63, 3.8) is 0 Å². The summed E-state index contributed by atoms with van der Waals surface area (Å²) in [4.78, 5) is 24.8. The maximum absolute atomic E-state index is 11.8. The first-order valence-electron chi connectivity index (χ1n) is 5.02. The van der Waals surface area contributed by atoms with E-state index in [2.05, 4.69) is 0 Å². The van der Waals surface area contributed by atoms with E-state index in [4.69, 9.17) is 0 Å². The smallest absolute Gasteiger partial charge is 0.233 e. The summed E-state index contributed by atoms with van der Waals surface area (Å²) in [6.45, 7) is 3.46. The minimum absolute atomic E-state index is 0.0933. The Hall–Kier alpha value is -0.900. The van der Waals surface area contributed by atoms with Crippen molar-refractivity contribution in [1.29, 1.82) is 0 Å². The van der Waals surface area contributed by atoms with E-state index in [0.29, 0.717) is 0 Å². The Morgan fingerprint density at radius 1 is 1.29 bits per heavy atom. The molecule has 1 aliphatic heterocycles. The van der Waals surface area contributed by atoms with E-state index in [0.717, 1.165) is 12.8 Å². The summed E-state index contributed by atoms with van der Waals surface area (Å²) in [6, 6.07) is 0. The second-order valence-corrected chi connectivity index (χ2v) is 4.47. The Morgan fingerprint density at radius 2 is 1.71 bits per heavy atom. The number of rotatable bonds is 2. The molecule has 1 aliphatic carbocycles. The van der Waals surface area contributed by atoms with E-state index in [1.54, 1.807) is 13.8 Å². The number of amides is 2. The molecular formula is C10H15NO3. The molecule has 0 aromatic carbocycles. The summed E-state index contributed by atoms with van der Waals surface area (Å²) in [5.41, 5.74) is -0.535. The highest BCUT2D eigenvalue weighted by Gasteiger charge is 2.58. The predicted octanol–water partition coefficient (Wildman–Crippen LogP) is 0.152. The first-order valence-corrected chi connectivity index (χ1v) is 5.02. The van der Waals surface area contributed by atoms with Gasteiger partial charge in [-0.3, -0.25) is 14.5 Å². The predicted molar refractivity (Wildman–Crippen MR) is 49.2 cm³/mol. The lowest BCUT2D eigenvalue weighted by molar-refractivity contribution is -0.144. The first-order chi connectivity index (χ1) is 6.53. The van der Waals surface area contributed by atoms with Crippen molar-refractivity contribution >= 4 is 11.8 Å². The normalized spacial score (nSPS) is 35.2. The molecule has 14 heavy (non-hydrogen) atoms. The molecule has 2 atom stereocenters. The van der Waals surface area contributed by atoms with Crippen LogP contribution in [0.1, 0.15) is 26.7 Å². The number of imide groups is 1. The molecule has 1 heterocycles. The SMILES string of the molecule is CC1C(=O)N(C2(CO)CC2)C(=O)C1C. The quantitative estimate of drug-likeness (QED) is 0.641. The Labute approximate surface area is 82.9 Å². The van der Waals surface area contributed by atoms with Crippen molar-refractivity contribution in [2.45, 2.75) is 32.2 Å². The van der Waals surface area contributed by atoms with Crippen molar-refractivity contribution in [3.05, 3.63) is 0 Å². The zero-order chi connectivity index (χ0) is 10.5. The first kappa shape index (κ1) is 9.65. The van der Waals surface area contributed by atoms with E-state index in [1.807, 2.05) is 0 Å². The maximum Gasteiger partial charge on any atom is 0.233 e. The Balaban J connectivity index is 2.28. The van der Waals surface area contributed by atoms with Gasteiger partial charge in [-0.1, -0.05) is 13.8 Å².